The second-order valence-electron chi connectivity index (χ2n) is 6.40. The third-order valence-corrected chi connectivity index (χ3v) is 4.35. The fraction of sp³-hybridized carbons (Fsp3) is 0.364. The molecule has 0 aliphatic carbocycles. The number of amides is 1. The topological polar surface area (TPSA) is 84.0 Å². The molecule has 0 saturated heterocycles. The van der Waals surface area contributed by atoms with Crippen molar-refractivity contribution in [2.24, 2.45) is 4.99 Å². The summed E-state index contributed by atoms with van der Waals surface area (Å²) >= 11 is 5.93. The van der Waals surface area contributed by atoms with Gasteiger partial charge in [0.15, 0.2) is 24.1 Å². The fourth-order valence-corrected chi connectivity index (χ4v) is 2.75. The number of halogens is 1. The average Bonchev–Trinajstić information content (AvgIpc) is 2.75. The zero-order valence-corrected chi connectivity index (χ0v) is 18.4. The molecule has 0 aliphatic heterocycles. The van der Waals surface area contributed by atoms with Crippen molar-refractivity contribution in [3.8, 4) is 11.5 Å². The highest BCUT2D eigenvalue weighted by Crippen LogP contribution is 2.28. The van der Waals surface area contributed by atoms with Gasteiger partial charge in [0.05, 0.1) is 13.7 Å². The molecule has 0 radical (unpaired) electrons. The van der Waals surface area contributed by atoms with Crippen LogP contribution in [0.2, 0.25) is 5.02 Å². The standard InChI is InChI=1S/C22H29ClN4O3/c1-4-24-21(28)15-30-19-11-8-17(12-20(19)29-3)14-27-22(25-5-2)26-13-16-6-9-18(23)10-7-16/h6-12H,4-5,13-15H2,1-3H3,(H,24,28)(H2,25,26,27). The number of likely N-dealkylation sites (N-methyl/N-ethyl adjacent to an activating group) is 1. The van der Waals surface area contributed by atoms with Crippen LogP contribution in [0.3, 0.4) is 0 Å². The van der Waals surface area contributed by atoms with Gasteiger partial charge in [-0.05, 0) is 49.2 Å². The normalized spacial score (nSPS) is 11.0. The molecule has 0 fully saturated rings. The lowest BCUT2D eigenvalue weighted by molar-refractivity contribution is -0.123. The Kier molecular flexibility index (Phi) is 9.80. The van der Waals surface area contributed by atoms with Crippen molar-refractivity contribution >= 4 is 23.5 Å². The van der Waals surface area contributed by atoms with Gasteiger partial charge in [0.2, 0.25) is 0 Å². The van der Waals surface area contributed by atoms with Crippen LogP contribution >= 0.6 is 11.6 Å². The van der Waals surface area contributed by atoms with Gasteiger partial charge in [-0.1, -0.05) is 29.8 Å². The first-order valence-electron chi connectivity index (χ1n) is 9.88. The molecule has 2 rings (SSSR count). The van der Waals surface area contributed by atoms with Crippen molar-refractivity contribution < 1.29 is 14.3 Å². The third-order valence-electron chi connectivity index (χ3n) is 4.10. The van der Waals surface area contributed by atoms with Crippen LogP contribution in [0.1, 0.15) is 25.0 Å². The Morgan fingerprint density at radius 3 is 2.33 bits per heavy atom. The van der Waals surface area contributed by atoms with Gasteiger partial charge < -0.3 is 25.4 Å². The molecule has 0 heterocycles. The van der Waals surface area contributed by atoms with Gasteiger partial charge in [0, 0.05) is 24.7 Å². The zero-order chi connectivity index (χ0) is 21.8. The number of carbonyl (C=O) groups excluding carboxylic acids is 1. The zero-order valence-electron chi connectivity index (χ0n) is 17.6. The van der Waals surface area contributed by atoms with Crippen LogP contribution in [0.4, 0.5) is 0 Å². The van der Waals surface area contributed by atoms with E-state index in [4.69, 9.17) is 21.1 Å². The molecule has 30 heavy (non-hydrogen) atoms. The number of hydrogen-bond acceptors (Lipinski definition) is 4. The minimum absolute atomic E-state index is 0.0547. The van der Waals surface area contributed by atoms with Crippen molar-refractivity contribution in [2.45, 2.75) is 26.9 Å². The first-order chi connectivity index (χ1) is 14.5. The maximum Gasteiger partial charge on any atom is 0.257 e. The fourth-order valence-electron chi connectivity index (χ4n) is 2.62. The maximum atomic E-state index is 11.6. The Hall–Kier alpha value is -2.93. The first-order valence-corrected chi connectivity index (χ1v) is 10.3. The molecular weight excluding hydrogens is 404 g/mol. The van der Waals surface area contributed by atoms with Crippen molar-refractivity contribution in [1.82, 2.24) is 16.0 Å². The molecule has 162 valence electrons. The van der Waals surface area contributed by atoms with Crippen LogP contribution in [0.25, 0.3) is 0 Å². The second-order valence-corrected chi connectivity index (χ2v) is 6.84. The molecule has 2 aromatic rings. The molecule has 0 aromatic heterocycles. The lowest BCUT2D eigenvalue weighted by atomic mass is 10.2. The van der Waals surface area contributed by atoms with Crippen LogP contribution < -0.4 is 25.4 Å². The Morgan fingerprint density at radius 2 is 1.67 bits per heavy atom. The van der Waals surface area contributed by atoms with Gasteiger partial charge in [0.1, 0.15) is 0 Å². The van der Waals surface area contributed by atoms with Crippen LogP contribution in [-0.4, -0.2) is 38.7 Å². The Balaban J connectivity index is 1.99. The molecule has 0 atom stereocenters. The van der Waals surface area contributed by atoms with Crippen molar-refractivity contribution in [2.75, 3.05) is 26.8 Å². The number of nitrogens with zero attached hydrogens (tertiary/aromatic N) is 1. The van der Waals surface area contributed by atoms with E-state index < -0.39 is 0 Å². The lowest BCUT2D eigenvalue weighted by Gasteiger charge is -2.13. The summed E-state index contributed by atoms with van der Waals surface area (Å²) < 4.78 is 11.0. The Labute approximate surface area is 182 Å². The van der Waals surface area contributed by atoms with Gasteiger partial charge >= 0.3 is 0 Å². The number of guanidine groups is 1. The third kappa shape index (κ3) is 7.83. The van der Waals surface area contributed by atoms with E-state index in [1.165, 1.54) is 0 Å². The summed E-state index contributed by atoms with van der Waals surface area (Å²) in [4.78, 5) is 16.2. The molecule has 0 spiro atoms. The number of benzene rings is 2. The molecular formula is C22H29ClN4O3. The summed E-state index contributed by atoms with van der Waals surface area (Å²) in [6.45, 7) is 6.24. The number of rotatable bonds is 10. The van der Waals surface area contributed by atoms with Crippen molar-refractivity contribution in [1.29, 1.82) is 0 Å². The maximum absolute atomic E-state index is 11.6. The monoisotopic (exact) mass is 432 g/mol. The highest BCUT2D eigenvalue weighted by molar-refractivity contribution is 6.30. The SMILES string of the molecule is CCNC(=O)COc1ccc(CN=C(NCC)NCc2ccc(Cl)cc2)cc1OC. The number of ether oxygens (including phenoxy) is 2. The summed E-state index contributed by atoms with van der Waals surface area (Å²) in [5.74, 6) is 1.62. The number of aliphatic imine (C=N–C) groups is 1. The van der Waals surface area contributed by atoms with Crippen LogP contribution in [0.15, 0.2) is 47.5 Å². The predicted octanol–water partition coefficient (Wildman–Crippen LogP) is 3.12. The smallest absolute Gasteiger partial charge is 0.257 e. The Bertz CT molecular complexity index is 841. The molecule has 0 bridgehead atoms. The van der Waals surface area contributed by atoms with Gasteiger partial charge in [-0.25, -0.2) is 4.99 Å². The molecule has 2 aromatic carbocycles. The van der Waals surface area contributed by atoms with Crippen molar-refractivity contribution in [3.63, 3.8) is 0 Å². The van der Waals surface area contributed by atoms with Crippen LogP contribution in [-0.2, 0) is 17.9 Å². The molecule has 7 nitrogen and oxygen atoms in total. The van der Waals surface area contributed by atoms with Gasteiger partial charge in [0.25, 0.3) is 5.91 Å². The first kappa shape index (κ1) is 23.3. The number of hydrogen-bond donors (Lipinski definition) is 3. The van der Waals surface area contributed by atoms with E-state index in [9.17, 15) is 4.79 Å². The summed E-state index contributed by atoms with van der Waals surface area (Å²) in [7, 11) is 1.57. The van der Waals surface area contributed by atoms with E-state index in [1.807, 2.05) is 50.2 Å². The minimum atomic E-state index is -0.171. The van der Waals surface area contributed by atoms with Crippen molar-refractivity contribution in [3.05, 3.63) is 58.6 Å². The van der Waals surface area contributed by atoms with Crippen LogP contribution in [0, 0.1) is 0 Å². The highest BCUT2D eigenvalue weighted by atomic mass is 35.5. The summed E-state index contributed by atoms with van der Waals surface area (Å²) in [6, 6.07) is 13.2. The Morgan fingerprint density at radius 1 is 0.967 bits per heavy atom. The summed E-state index contributed by atoms with van der Waals surface area (Å²) in [6.07, 6.45) is 0. The van der Waals surface area contributed by atoms with E-state index in [1.54, 1.807) is 13.2 Å². The molecule has 3 N–H and O–H groups in total. The predicted molar refractivity (Wildman–Crippen MR) is 120 cm³/mol. The van der Waals surface area contributed by atoms with Crippen LogP contribution in [0.5, 0.6) is 11.5 Å². The average molecular weight is 433 g/mol. The summed E-state index contributed by atoms with van der Waals surface area (Å²) in [5.41, 5.74) is 2.07. The van der Waals surface area contributed by atoms with Gasteiger partial charge in [-0.15, -0.1) is 0 Å². The highest BCUT2D eigenvalue weighted by Gasteiger charge is 2.08. The number of methoxy groups -OCH3 is 1. The minimum Gasteiger partial charge on any atom is -0.493 e. The molecule has 0 unspecified atom stereocenters. The number of nitrogens with one attached hydrogen (secondary N) is 3. The lowest BCUT2D eigenvalue weighted by Crippen LogP contribution is -2.36. The van der Waals surface area contributed by atoms with Gasteiger partial charge in [-0.3, -0.25) is 4.79 Å². The molecule has 0 saturated carbocycles. The quantitative estimate of drug-likeness (QED) is 0.397. The number of carbonyl (C=O) groups is 1. The summed E-state index contributed by atoms with van der Waals surface area (Å²) in [5, 5.41) is 9.95. The second kappa shape index (κ2) is 12.6. The molecule has 0 aliphatic rings. The largest absolute Gasteiger partial charge is 0.493 e. The van der Waals surface area contributed by atoms with E-state index in [0.29, 0.717) is 42.1 Å². The molecule has 8 heteroatoms. The van der Waals surface area contributed by atoms with Gasteiger partial charge in [-0.2, -0.15) is 0 Å². The van der Waals surface area contributed by atoms with E-state index in [0.717, 1.165) is 17.7 Å². The molecule has 1 amide bonds. The van der Waals surface area contributed by atoms with E-state index >= 15 is 0 Å². The van der Waals surface area contributed by atoms with E-state index in [-0.39, 0.29) is 12.5 Å². The van der Waals surface area contributed by atoms with E-state index in [2.05, 4.69) is 20.9 Å².